The number of nitrogens with one attached hydrogen (secondary N) is 1. The SMILES string of the molecule is CN[C@H](C)c1cc(I)ccc1F. The summed E-state index contributed by atoms with van der Waals surface area (Å²) in [6.45, 7) is 1.94. The first-order valence-electron chi connectivity index (χ1n) is 3.77. The molecule has 0 aromatic heterocycles. The van der Waals surface area contributed by atoms with Crippen LogP contribution in [0.1, 0.15) is 18.5 Å². The van der Waals surface area contributed by atoms with Gasteiger partial charge in [0.25, 0.3) is 0 Å². The molecule has 0 radical (unpaired) electrons. The summed E-state index contributed by atoms with van der Waals surface area (Å²) in [5.41, 5.74) is 0.726. The van der Waals surface area contributed by atoms with Crippen molar-refractivity contribution in [3.8, 4) is 0 Å². The molecule has 0 unspecified atom stereocenters. The average molecular weight is 279 g/mol. The molecule has 1 rings (SSSR count). The Morgan fingerprint density at radius 3 is 2.75 bits per heavy atom. The fourth-order valence-electron chi connectivity index (χ4n) is 1.00. The Kier molecular flexibility index (Phi) is 3.46. The maximum atomic E-state index is 13.2. The summed E-state index contributed by atoms with van der Waals surface area (Å²) in [7, 11) is 1.82. The zero-order chi connectivity index (χ0) is 9.14. The molecule has 0 bridgehead atoms. The van der Waals surface area contributed by atoms with Gasteiger partial charge in [0.2, 0.25) is 0 Å². The lowest BCUT2D eigenvalue weighted by Crippen LogP contribution is -2.13. The van der Waals surface area contributed by atoms with Crippen LogP contribution in [0, 0.1) is 9.39 Å². The molecule has 66 valence electrons. The molecule has 1 nitrogen and oxygen atoms in total. The van der Waals surface area contributed by atoms with E-state index in [0.29, 0.717) is 0 Å². The lowest BCUT2D eigenvalue weighted by Gasteiger charge is -2.11. The van der Waals surface area contributed by atoms with Gasteiger partial charge in [-0.2, -0.15) is 0 Å². The Morgan fingerprint density at radius 2 is 2.17 bits per heavy atom. The van der Waals surface area contributed by atoms with Crippen molar-refractivity contribution >= 4 is 22.6 Å². The van der Waals surface area contributed by atoms with Gasteiger partial charge in [-0.1, -0.05) is 0 Å². The van der Waals surface area contributed by atoms with Crippen LogP contribution >= 0.6 is 22.6 Å². The molecule has 0 amide bonds. The minimum atomic E-state index is -0.141. The maximum absolute atomic E-state index is 13.2. The second-order valence-corrected chi connectivity index (χ2v) is 3.92. The van der Waals surface area contributed by atoms with Gasteiger partial charge in [-0.05, 0) is 54.8 Å². The van der Waals surface area contributed by atoms with Gasteiger partial charge in [0, 0.05) is 15.2 Å². The van der Waals surface area contributed by atoms with E-state index in [0.717, 1.165) is 9.13 Å². The second kappa shape index (κ2) is 4.18. The van der Waals surface area contributed by atoms with E-state index in [1.165, 1.54) is 6.07 Å². The molecule has 1 atom stereocenters. The van der Waals surface area contributed by atoms with Gasteiger partial charge >= 0.3 is 0 Å². The molecule has 0 heterocycles. The molecule has 0 spiro atoms. The minimum Gasteiger partial charge on any atom is -0.313 e. The molecule has 0 aliphatic carbocycles. The third-order valence-corrected chi connectivity index (χ3v) is 2.53. The van der Waals surface area contributed by atoms with Crippen LogP contribution in [0.5, 0.6) is 0 Å². The van der Waals surface area contributed by atoms with Crippen molar-refractivity contribution in [2.45, 2.75) is 13.0 Å². The Hall–Kier alpha value is -0.160. The topological polar surface area (TPSA) is 12.0 Å². The number of hydrogen-bond donors (Lipinski definition) is 1. The largest absolute Gasteiger partial charge is 0.313 e. The zero-order valence-electron chi connectivity index (χ0n) is 7.07. The Bertz CT molecular complexity index is 275. The van der Waals surface area contributed by atoms with Gasteiger partial charge in [-0.15, -0.1) is 0 Å². The number of halogens is 2. The normalized spacial score (nSPS) is 13.0. The first kappa shape index (κ1) is 9.92. The highest BCUT2D eigenvalue weighted by Crippen LogP contribution is 2.18. The van der Waals surface area contributed by atoms with Crippen molar-refractivity contribution in [2.75, 3.05) is 7.05 Å². The molecule has 0 saturated heterocycles. The van der Waals surface area contributed by atoms with Gasteiger partial charge in [-0.25, -0.2) is 4.39 Å². The highest BCUT2D eigenvalue weighted by atomic mass is 127. The first-order chi connectivity index (χ1) is 5.65. The van der Waals surface area contributed by atoms with Crippen molar-refractivity contribution in [3.05, 3.63) is 33.1 Å². The second-order valence-electron chi connectivity index (χ2n) is 2.68. The maximum Gasteiger partial charge on any atom is 0.128 e. The molecule has 12 heavy (non-hydrogen) atoms. The fraction of sp³-hybridized carbons (Fsp3) is 0.333. The fourth-order valence-corrected chi connectivity index (χ4v) is 1.52. The van der Waals surface area contributed by atoms with E-state index in [4.69, 9.17) is 0 Å². The van der Waals surface area contributed by atoms with Crippen molar-refractivity contribution in [1.29, 1.82) is 0 Å². The van der Waals surface area contributed by atoms with Crippen molar-refractivity contribution in [2.24, 2.45) is 0 Å². The van der Waals surface area contributed by atoms with E-state index < -0.39 is 0 Å². The molecular formula is C9H11FIN. The van der Waals surface area contributed by atoms with E-state index in [1.807, 2.05) is 20.0 Å². The molecule has 0 fully saturated rings. The van der Waals surface area contributed by atoms with Gasteiger partial charge in [0.1, 0.15) is 5.82 Å². The highest BCUT2D eigenvalue weighted by Gasteiger charge is 2.08. The van der Waals surface area contributed by atoms with Crippen LogP contribution in [-0.4, -0.2) is 7.05 Å². The number of hydrogen-bond acceptors (Lipinski definition) is 1. The summed E-state index contributed by atoms with van der Waals surface area (Å²) in [6.07, 6.45) is 0. The van der Waals surface area contributed by atoms with Crippen LogP contribution in [0.25, 0.3) is 0 Å². The molecule has 1 N–H and O–H groups in total. The summed E-state index contributed by atoms with van der Waals surface area (Å²) in [6, 6.07) is 5.20. The Balaban J connectivity index is 3.04. The van der Waals surface area contributed by atoms with Gasteiger partial charge in [-0.3, -0.25) is 0 Å². The van der Waals surface area contributed by atoms with Crippen LogP contribution < -0.4 is 5.32 Å². The predicted octanol–water partition coefficient (Wildman–Crippen LogP) is 2.71. The molecule has 1 aromatic carbocycles. The summed E-state index contributed by atoms with van der Waals surface area (Å²) >= 11 is 2.18. The number of benzene rings is 1. The quantitative estimate of drug-likeness (QED) is 0.821. The number of rotatable bonds is 2. The standard InChI is InChI=1S/C9H11FIN/c1-6(12-2)8-5-7(11)3-4-9(8)10/h3-6,12H,1-2H3/t6-/m1/s1. The van der Waals surface area contributed by atoms with E-state index >= 15 is 0 Å². The smallest absolute Gasteiger partial charge is 0.128 e. The van der Waals surface area contributed by atoms with Crippen molar-refractivity contribution < 1.29 is 4.39 Å². The van der Waals surface area contributed by atoms with E-state index in [-0.39, 0.29) is 11.9 Å². The third-order valence-electron chi connectivity index (χ3n) is 1.86. The lowest BCUT2D eigenvalue weighted by atomic mass is 10.1. The molecular weight excluding hydrogens is 268 g/mol. The Morgan fingerprint density at radius 1 is 1.50 bits per heavy atom. The summed E-state index contributed by atoms with van der Waals surface area (Å²) < 4.78 is 14.2. The summed E-state index contributed by atoms with van der Waals surface area (Å²) in [5, 5.41) is 3.01. The van der Waals surface area contributed by atoms with Gasteiger partial charge in [0.15, 0.2) is 0 Å². The van der Waals surface area contributed by atoms with Crippen molar-refractivity contribution in [1.82, 2.24) is 5.32 Å². The molecule has 0 saturated carbocycles. The zero-order valence-corrected chi connectivity index (χ0v) is 9.22. The van der Waals surface area contributed by atoms with Crippen LogP contribution in [0.3, 0.4) is 0 Å². The summed E-state index contributed by atoms with van der Waals surface area (Å²) in [5.74, 6) is -0.141. The first-order valence-corrected chi connectivity index (χ1v) is 4.85. The third kappa shape index (κ3) is 2.17. The van der Waals surface area contributed by atoms with E-state index in [9.17, 15) is 4.39 Å². The van der Waals surface area contributed by atoms with Gasteiger partial charge < -0.3 is 5.32 Å². The van der Waals surface area contributed by atoms with Crippen molar-refractivity contribution in [3.63, 3.8) is 0 Å². The minimum absolute atomic E-state index is 0.0692. The Labute approximate surface area is 85.5 Å². The average Bonchev–Trinajstić information content (AvgIpc) is 2.08. The van der Waals surface area contributed by atoms with E-state index in [1.54, 1.807) is 6.07 Å². The highest BCUT2D eigenvalue weighted by molar-refractivity contribution is 14.1. The summed E-state index contributed by atoms with van der Waals surface area (Å²) in [4.78, 5) is 0. The van der Waals surface area contributed by atoms with E-state index in [2.05, 4.69) is 27.9 Å². The molecule has 0 aliphatic rings. The van der Waals surface area contributed by atoms with Crippen LogP contribution in [0.2, 0.25) is 0 Å². The van der Waals surface area contributed by atoms with Gasteiger partial charge in [0.05, 0.1) is 0 Å². The van der Waals surface area contributed by atoms with Crippen LogP contribution in [0.15, 0.2) is 18.2 Å². The predicted molar refractivity (Wildman–Crippen MR) is 56.6 cm³/mol. The molecule has 3 heteroatoms. The lowest BCUT2D eigenvalue weighted by molar-refractivity contribution is 0.561. The van der Waals surface area contributed by atoms with Crippen LogP contribution in [-0.2, 0) is 0 Å². The van der Waals surface area contributed by atoms with Crippen LogP contribution in [0.4, 0.5) is 4.39 Å². The molecule has 1 aromatic rings. The molecule has 0 aliphatic heterocycles. The monoisotopic (exact) mass is 279 g/mol.